The summed E-state index contributed by atoms with van der Waals surface area (Å²) < 4.78 is 2.84. The van der Waals surface area contributed by atoms with Gasteiger partial charge in [0.2, 0.25) is 0 Å². The smallest absolute Gasteiger partial charge is 0.121 e. The number of aryl methyl sites for hydroxylation is 2. The number of aromatic nitrogens is 3. The molecule has 0 aliphatic heterocycles. The third kappa shape index (κ3) is 3.44. The summed E-state index contributed by atoms with van der Waals surface area (Å²) in [6, 6.07) is 13.3. The molecule has 114 valence electrons. The molecule has 0 fully saturated rings. The van der Waals surface area contributed by atoms with Crippen LogP contribution >= 0.6 is 27.5 Å². The number of nitriles is 1. The van der Waals surface area contributed by atoms with Gasteiger partial charge in [-0.2, -0.15) is 5.26 Å². The van der Waals surface area contributed by atoms with Crippen LogP contribution in [-0.2, 0) is 13.0 Å². The Labute approximate surface area is 147 Å². The van der Waals surface area contributed by atoms with Crippen molar-refractivity contribution >= 4 is 27.5 Å². The normalized spacial score (nSPS) is 10.5. The molecule has 23 heavy (non-hydrogen) atoms. The van der Waals surface area contributed by atoms with Crippen LogP contribution in [-0.4, -0.2) is 14.5 Å². The van der Waals surface area contributed by atoms with Crippen LogP contribution in [0, 0.1) is 11.3 Å². The molecule has 0 saturated carbocycles. The van der Waals surface area contributed by atoms with Crippen molar-refractivity contribution < 1.29 is 0 Å². The summed E-state index contributed by atoms with van der Waals surface area (Å²) in [4.78, 5) is 8.69. The second-order valence-corrected chi connectivity index (χ2v) is 6.12. The van der Waals surface area contributed by atoms with E-state index in [1.165, 1.54) is 0 Å². The highest BCUT2D eigenvalue weighted by Gasteiger charge is 2.12. The van der Waals surface area contributed by atoms with E-state index < -0.39 is 0 Å². The number of pyridine rings is 1. The van der Waals surface area contributed by atoms with Crippen molar-refractivity contribution in [3.63, 3.8) is 0 Å². The first-order valence-corrected chi connectivity index (χ1v) is 8.16. The summed E-state index contributed by atoms with van der Waals surface area (Å²) in [5.74, 6) is 0. The van der Waals surface area contributed by atoms with E-state index in [0.717, 1.165) is 33.8 Å². The Morgan fingerprint density at radius 2 is 2.04 bits per heavy atom. The zero-order valence-corrected chi connectivity index (χ0v) is 14.4. The van der Waals surface area contributed by atoms with Crippen LogP contribution in [0.5, 0.6) is 0 Å². The second kappa shape index (κ2) is 6.95. The molecule has 1 aromatic carbocycles. The molecular weight excluding hydrogens is 376 g/mol. The van der Waals surface area contributed by atoms with Crippen LogP contribution in [0.3, 0.4) is 0 Å². The van der Waals surface area contributed by atoms with Gasteiger partial charge in [-0.1, -0.05) is 29.8 Å². The Morgan fingerprint density at radius 3 is 2.83 bits per heavy atom. The van der Waals surface area contributed by atoms with E-state index in [1.54, 1.807) is 24.7 Å². The molecule has 0 radical (unpaired) electrons. The van der Waals surface area contributed by atoms with E-state index in [0.29, 0.717) is 11.3 Å². The molecule has 2 aromatic heterocycles. The second-order valence-electron chi connectivity index (χ2n) is 4.96. The molecule has 0 aliphatic carbocycles. The summed E-state index contributed by atoms with van der Waals surface area (Å²) in [5.41, 5.74) is 3.06. The number of nitrogens with zero attached hydrogens (tertiary/aromatic N) is 4. The van der Waals surface area contributed by atoms with Gasteiger partial charge in [0, 0.05) is 17.8 Å². The van der Waals surface area contributed by atoms with Crippen molar-refractivity contribution in [1.29, 1.82) is 5.26 Å². The third-order valence-corrected chi connectivity index (χ3v) is 4.69. The number of halogens is 2. The molecule has 0 saturated heterocycles. The van der Waals surface area contributed by atoms with Gasteiger partial charge in [0.25, 0.3) is 0 Å². The fraction of sp³-hybridized carbons (Fsp3) is 0.118. The molecule has 3 rings (SSSR count). The first-order valence-electron chi connectivity index (χ1n) is 6.99. The minimum absolute atomic E-state index is 0.563. The van der Waals surface area contributed by atoms with Crippen molar-refractivity contribution in [3.05, 3.63) is 69.7 Å². The lowest BCUT2D eigenvalue weighted by molar-refractivity contribution is 0.683. The van der Waals surface area contributed by atoms with Gasteiger partial charge in [-0.25, -0.2) is 4.98 Å². The molecule has 0 bridgehead atoms. The third-order valence-electron chi connectivity index (χ3n) is 3.49. The van der Waals surface area contributed by atoms with E-state index in [2.05, 4.69) is 32.0 Å². The van der Waals surface area contributed by atoms with Crippen molar-refractivity contribution in [2.45, 2.75) is 13.0 Å². The summed E-state index contributed by atoms with van der Waals surface area (Å²) in [6.45, 7) is 0.745. The standard InChI is InChI=1S/C17H12BrClN4/c18-17-16(15-9-12(10-20)5-7-21-15)22-11-23(17)8-6-13-3-1-2-4-14(13)19/h1-5,7,9,11H,6,8H2. The highest BCUT2D eigenvalue weighted by Crippen LogP contribution is 2.26. The van der Waals surface area contributed by atoms with Gasteiger partial charge in [0.1, 0.15) is 10.3 Å². The van der Waals surface area contributed by atoms with Crippen molar-refractivity contribution in [2.24, 2.45) is 0 Å². The van der Waals surface area contributed by atoms with Gasteiger partial charge < -0.3 is 4.57 Å². The van der Waals surface area contributed by atoms with Gasteiger partial charge in [-0.15, -0.1) is 0 Å². The molecule has 0 amide bonds. The van der Waals surface area contributed by atoms with Gasteiger partial charge in [0.15, 0.2) is 0 Å². The fourth-order valence-electron chi connectivity index (χ4n) is 2.27. The highest BCUT2D eigenvalue weighted by atomic mass is 79.9. The Kier molecular flexibility index (Phi) is 4.75. The predicted molar refractivity (Wildman–Crippen MR) is 93.0 cm³/mol. The Balaban J connectivity index is 1.82. The van der Waals surface area contributed by atoms with Crippen molar-refractivity contribution in [1.82, 2.24) is 14.5 Å². The first kappa shape index (κ1) is 15.7. The summed E-state index contributed by atoms with van der Waals surface area (Å²) >= 11 is 9.76. The van der Waals surface area contributed by atoms with Crippen LogP contribution in [0.15, 0.2) is 53.5 Å². The van der Waals surface area contributed by atoms with Crippen LogP contribution in [0.4, 0.5) is 0 Å². The predicted octanol–water partition coefficient (Wildman–Crippen LogP) is 4.48. The van der Waals surface area contributed by atoms with Gasteiger partial charge >= 0.3 is 0 Å². The molecule has 0 spiro atoms. The average molecular weight is 388 g/mol. The monoisotopic (exact) mass is 386 g/mol. The van der Waals surface area contributed by atoms with Crippen LogP contribution < -0.4 is 0 Å². The molecule has 2 heterocycles. The lowest BCUT2D eigenvalue weighted by Gasteiger charge is -2.06. The average Bonchev–Trinajstić information content (AvgIpc) is 2.95. The summed E-state index contributed by atoms with van der Waals surface area (Å²) in [5, 5.41) is 9.76. The van der Waals surface area contributed by atoms with Crippen molar-refractivity contribution in [2.75, 3.05) is 0 Å². The zero-order chi connectivity index (χ0) is 16.2. The molecule has 4 nitrogen and oxygen atoms in total. The lowest BCUT2D eigenvalue weighted by atomic mass is 10.1. The summed E-state index contributed by atoms with van der Waals surface area (Å²) in [6.07, 6.45) is 4.18. The zero-order valence-electron chi connectivity index (χ0n) is 12.1. The number of rotatable bonds is 4. The molecule has 0 unspecified atom stereocenters. The van der Waals surface area contributed by atoms with Crippen LogP contribution in [0.25, 0.3) is 11.4 Å². The van der Waals surface area contributed by atoms with Gasteiger partial charge in [0.05, 0.1) is 23.7 Å². The van der Waals surface area contributed by atoms with E-state index >= 15 is 0 Å². The van der Waals surface area contributed by atoms with Gasteiger partial charge in [-0.05, 0) is 46.1 Å². The van der Waals surface area contributed by atoms with Crippen LogP contribution in [0.1, 0.15) is 11.1 Å². The molecular formula is C17H12BrClN4. The molecule has 6 heteroatoms. The maximum Gasteiger partial charge on any atom is 0.121 e. The largest absolute Gasteiger partial charge is 0.324 e. The Bertz CT molecular complexity index is 882. The van der Waals surface area contributed by atoms with Crippen LogP contribution in [0.2, 0.25) is 5.02 Å². The Morgan fingerprint density at radius 1 is 1.22 bits per heavy atom. The van der Waals surface area contributed by atoms with E-state index in [1.807, 2.05) is 28.8 Å². The fourth-order valence-corrected chi connectivity index (χ4v) is 3.07. The molecule has 0 atom stereocenters. The summed E-state index contributed by atoms with van der Waals surface area (Å²) in [7, 11) is 0. The van der Waals surface area contributed by atoms with Crippen molar-refractivity contribution in [3.8, 4) is 17.5 Å². The number of hydrogen-bond donors (Lipinski definition) is 0. The van der Waals surface area contributed by atoms with Gasteiger partial charge in [-0.3, -0.25) is 4.98 Å². The first-order chi connectivity index (χ1) is 11.2. The maximum atomic E-state index is 8.99. The Hall–Kier alpha value is -2.16. The molecule has 3 aromatic rings. The van der Waals surface area contributed by atoms with E-state index in [-0.39, 0.29) is 0 Å². The number of hydrogen-bond acceptors (Lipinski definition) is 3. The van der Waals surface area contributed by atoms with E-state index in [4.69, 9.17) is 16.9 Å². The van der Waals surface area contributed by atoms with E-state index in [9.17, 15) is 0 Å². The minimum atomic E-state index is 0.563. The number of benzene rings is 1. The quantitative estimate of drug-likeness (QED) is 0.663. The minimum Gasteiger partial charge on any atom is -0.324 e. The molecule has 0 aliphatic rings. The number of imidazole rings is 1. The topological polar surface area (TPSA) is 54.5 Å². The highest BCUT2D eigenvalue weighted by molar-refractivity contribution is 9.10. The lowest BCUT2D eigenvalue weighted by Crippen LogP contribution is -2.01. The maximum absolute atomic E-state index is 8.99. The SMILES string of the molecule is N#Cc1ccnc(-c2ncn(CCc3ccccc3Cl)c2Br)c1. The molecule has 0 N–H and O–H groups in total.